The number of halogens is 1. The molecule has 2 aliphatic heterocycles. The number of pyridine rings is 1. The Morgan fingerprint density at radius 1 is 0.871 bits per heavy atom. The van der Waals surface area contributed by atoms with Crippen LogP contribution in [0, 0.1) is 12.8 Å². The first-order chi connectivity index (χ1) is 14.9. The molecular weight excluding hydrogens is 410 g/mol. The summed E-state index contributed by atoms with van der Waals surface area (Å²) in [6.07, 6.45) is 3.75. The SMILES string of the molecule is Cc1ccc(C(=O)N2CCC(C)CC2)c(C2CCN(C(=O)c3ccc(Cl)cc3)CC2)n1. The summed E-state index contributed by atoms with van der Waals surface area (Å²) < 4.78 is 0. The van der Waals surface area contributed by atoms with Crippen molar-refractivity contribution in [2.75, 3.05) is 26.2 Å². The molecule has 3 heterocycles. The lowest BCUT2D eigenvalue weighted by Crippen LogP contribution is -2.40. The smallest absolute Gasteiger partial charge is 0.255 e. The Morgan fingerprint density at radius 3 is 2.10 bits per heavy atom. The number of rotatable bonds is 3. The Hall–Kier alpha value is -2.40. The van der Waals surface area contributed by atoms with Crippen LogP contribution in [-0.2, 0) is 0 Å². The number of hydrogen-bond donors (Lipinski definition) is 0. The van der Waals surface area contributed by atoms with E-state index in [2.05, 4.69) is 6.92 Å². The summed E-state index contributed by atoms with van der Waals surface area (Å²) in [5.74, 6) is 1.01. The number of benzene rings is 1. The minimum absolute atomic E-state index is 0.0334. The van der Waals surface area contributed by atoms with Crippen LogP contribution in [0.15, 0.2) is 36.4 Å². The van der Waals surface area contributed by atoms with Gasteiger partial charge < -0.3 is 9.80 Å². The van der Waals surface area contributed by atoms with Crippen LogP contribution >= 0.6 is 11.6 Å². The summed E-state index contributed by atoms with van der Waals surface area (Å²) in [5, 5.41) is 0.626. The van der Waals surface area contributed by atoms with Gasteiger partial charge in [-0.3, -0.25) is 14.6 Å². The monoisotopic (exact) mass is 439 g/mol. The summed E-state index contributed by atoms with van der Waals surface area (Å²) in [5.41, 5.74) is 3.23. The predicted octanol–water partition coefficient (Wildman–Crippen LogP) is 4.94. The van der Waals surface area contributed by atoms with E-state index in [4.69, 9.17) is 16.6 Å². The number of nitrogens with zero attached hydrogens (tertiary/aromatic N) is 3. The van der Waals surface area contributed by atoms with E-state index in [1.54, 1.807) is 24.3 Å². The van der Waals surface area contributed by atoms with Crippen LogP contribution in [-0.4, -0.2) is 52.8 Å². The Bertz CT molecular complexity index is 944. The van der Waals surface area contributed by atoms with Crippen molar-refractivity contribution < 1.29 is 9.59 Å². The standard InChI is InChI=1S/C25H30ClN3O2/c1-17-9-13-29(14-10-17)25(31)22-8-3-18(2)27-23(22)19-11-15-28(16-12-19)24(30)20-4-6-21(26)7-5-20/h3-8,17,19H,9-16H2,1-2H3. The van der Waals surface area contributed by atoms with Crippen molar-refractivity contribution in [1.29, 1.82) is 0 Å². The molecule has 1 aromatic heterocycles. The topological polar surface area (TPSA) is 53.5 Å². The van der Waals surface area contributed by atoms with Gasteiger partial charge in [-0.05, 0) is 74.9 Å². The van der Waals surface area contributed by atoms with E-state index in [1.807, 2.05) is 28.9 Å². The maximum absolute atomic E-state index is 13.3. The highest BCUT2D eigenvalue weighted by Crippen LogP contribution is 2.31. The molecule has 0 radical (unpaired) electrons. The van der Waals surface area contributed by atoms with E-state index in [1.165, 1.54) is 0 Å². The van der Waals surface area contributed by atoms with Gasteiger partial charge in [0.25, 0.3) is 11.8 Å². The van der Waals surface area contributed by atoms with Crippen molar-refractivity contribution >= 4 is 23.4 Å². The van der Waals surface area contributed by atoms with Crippen molar-refractivity contribution in [3.8, 4) is 0 Å². The predicted molar refractivity (Wildman–Crippen MR) is 123 cm³/mol. The second-order valence-corrected chi connectivity index (χ2v) is 9.37. The lowest BCUT2D eigenvalue weighted by atomic mass is 9.89. The summed E-state index contributed by atoms with van der Waals surface area (Å²) in [4.78, 5) is 34.8. The molecule has 2 aliphatic rings. The maximum Gasteiger partial charge on any atom is 0.255 e. The zero-order chi connectivity index (χ0) is 22.0. The first-order valence-corrected chi connectivity index (χ1v) is 11.6. The first kappa shape index (κ1) is 21.8. The number of piperidine rings is 2. The number of amides is 2. The van der Waals surface area contributed by atoms with Crippen LogP contribution in [0.4, 0.5) is 0 Å². The molecule has 0 aliphatic carbocycles. The van der Waals surface area contributed by atoms with Crippen molar-refractivity contribution in [1.82, 2.24) is 14.8 Å². The van der Waals surface area contributed by atoms with Gasteiger partial charge in [0.1, 0.15) is 0 Å². The van der Waals surface area contributed by atoms with Crippen molar-refractivity contribution in [3.05, 3.63) is 63.9 Å². The van der Waals surface area contributed by atoms with Gasteiger partial charge in [0.15, 0.2) is 0 Å². The average molecular weight is 440 g/mol. The largest absolute Gasteiger partial charge is 0.339 e. The Kier molecular flexibility index (Phi) is 6.61. The van der Waals surface area contributed by atoms with Crippen LogP contribution in [0.5, 0.6) is 0 Å². The molecule has 164 valence electrons. The van der Waals surface area contributed by atoms with Crippen LogP contribution in [0.2, 0.25) is 5.02 Å². The molecule has 2 saturated heterocycles. The second kappa shape index (κ2) is 9.39. The lowest BCUT2D eigenvalue weighted by molar-refractivity contribution is 0.0681. The normalized spacial score (nSPS) is 18.3. The molecule has 0 unspecified atom stereocenters. The molecule has 0 atom stereocenters. The third kappa shape index (κ3) is 4.93. The van der Waals surface area contributed by atoms with Crippen molar-refractivity contribution in [2.24, 2.45) is 5.92 Å². The first-order valence-electron chi connectivity index (χ1n) is 11.2. The Balaban J connectivity index is 1.47. The third-order valence-electron chi connectivity index (χ3n) is 6.63. The highest BCUT2D eigenvalue weighted by Gasteiger charge is 2.30. The Labute approximate surface area is 189 Å². The van der Waals surface area contributed by atoms with E-state index in [-0.39, 0.29) is 17.7 Å². The Morgan fingerprint density at radius 2 is 1.45 bits per heavy atom. The summed E-state index contributed by atoms with van der Waals surface area (Å²) in [6, 6.07) is 10.9. The number of aryl methyl sites for hydroxylation is 1. The zero-order valence-electron chi connectivity index (χ0n) is 18.3. The third-order valence-corrected chi connectivity index (χ3v) is 6.88. The molecule has 2 amide bonds. The van der Waals surface area contributed by atoms with Crippen LogP contribution in [0.1, 0.15) is 70.6 Å². The number of hydrogen-bond acceptors (Lipinski definition) is 3. The molecule has 0 saturated carbocycles. The highest BCUT2D eigenvalue weighted by atomic mass is 35.5. The molecule has 0 spiro atoms. The molecule has 1 aromatic carbocycles. The van der Waals surface area contributed by atoms with E-state index >= 15 is 0 Å². The van der Waals surface area contributed by atoms with Gasteiger partial charge >= 0.3 is 0 Å². The van der Waals surface area contributed by atoms with Crippen LogP contribution in [0.25, 0.3) is 0 Å². The van der Waals surface area contributed by atoms with Gasteiger partial charge in [-0.2, -0.15) is 0 Å². The molecule has 2 fully saturated rings. The van der Waals surface area contributed by atoms with E-state index in [0.29, 0.717) is 29.6 Å². The van der Waals surface area contributed by atoms with Gasteiger partial charge in [-0.1, -0.05) is 18.5 Å². The van der Waals surface area contributed by atoms with E-state index < -0.39 is 0 Å². The summed E-state index contributed by atoms with van der Waals surface area (Å²) in [7, 11) is 0. The van der Waals surface area contributed by atoms with E-state index in [0.717, 1.165) is 55.7 Å². The highest BCUT2D eigenvalue weighted by molar-refractivity contribution is 6.30. The van der Waals surface area contributed by atoms with Gasteiger partial charge in [0.2, 0.25) is 0 Å². The zero-order valence-corrected chi connectivity index (χ0v) is 19.1. The average Bonchev–Trinajstić information content (AvgIpc) is 2.79. The molecule has 5 nitrogen and oxygen atoms in total. The van der Waals surface area contributed by atoms with Gasteiger partial charge in [0.05, 0.1) is 11.3 Å². The second-order valence-electron chi connectivity index (χ2n) is 8.93. The number of likely N-dealkylation sites (tertiary alicyclic amines) is 2. The molecule has 4 rings (SSSR count). The fourth-order valence-electron chi connectivity index (χ4n) is 4.58. The molecule has 31 heavy (non-hydrogen) atoms. The summed E-state index contributed by atoms with van der Waals surface area (Å²) in [6.45, 7) is 7.19. The molecular formula is C25H30ClN3O2. The van der Waals surface area contributed by atoms with Crippen molar-refractivity contribution in [3.63, 3.8) is 0 Å². The lowest BCUT2D eigenvalue weighted by Gasteiger charge is -2.34. The maximum atomic E-state index is 13.3. The minimum atomic E-state index is 0.0334. The number of carbonyl (C=O) groups is 2. The fraction of sp³-hybridized carbons (Fsp3) is 0.480. The van der Waals surface area contributed by atoms with Gasteiger partial charge in [0, 0.05) is 48.4 Å². The van der Waals surface area contributed by atoms with Crippen molar-refractivity contribution in [2.45, 2.75) is 45.4 Å². The van der Waals surface area contributed by atoms with E-state index in [9.17, 15) is 9.59 Å². The summed E-state index contributed by atoms with van der Waals surface area (Å²) >= 11 is 5.94. The molecule has 0 N–H and O–H groups in total. The number of aromatic nitrogens is 1. The molecule has 6 heteroatoms. The van der Waals surface area contributed by atoms with Gasteiger partial charge in [-0.15, -0.1) is 0 Å². The quantitative estimate of drug-likeness (QED) is 0.680. The van der Waals surface area contributed by atoms with Gasteiger partial charge in [-0.25, -0.2) is 0 Å². The van der Waals surface area contributed by atoms with Crippen LogP contribution in [0.3, 0.4) is 0 Å². The molecule has 2 aromatic rings. The number of carbonyl (C=O) groups excluding carboxylic acids is 2. The minimum Gasteiger partial charge on any atom is -0.339 e. The molecule has 0 bridgehead atoms. The van der Waals surface area contributed by atoms with Crippen LogP contribution < -0.4 is 0 Å². The fourth-order valence-corrected chi connectivity index (χ4v) is 4.71.